The van der Waals surface area contributed by atoms with E-state index in [-0.39, 0.29) is 6.54 Å². The average molecular weight is 265 g/mol. The Morgan fingerprint density at radius 3 is 2.68 bits per heavy atom. The Kier molecular flexibility index (Phi) is 3.50. The first-order chi connectivity index (χ1) is 9.22. The van der Waals surface area contributed by atoms with Crippen molar-refractivity contribution >= 4 is 5.97 Å². The molecule has 2 fully saturated rings. The molecule has 6 nitrogen and oxygen atoms in total. The maximum atomic E-state index is 11.0. The Hall–Kier alpha value is -1.43. The Morgan fingerprint density at radius 1 is 1.32 bits per heavy atom. The van der Waals surface area contributed by atoms with Gasteiger partial charge in [0.05, 0.1) is 13.1 Å². The third-order valence-electron chi connectivity index (χ3n) is 3.94. The zero-order chi connectivity index (χ0) is 13.2. The zero-order valence-corrected chi connectivity index (χ0v) is 10.9. The molecular weight excluding hydrogens is 246 g/mol. The molecular formula is C13H19N3O3. The maximum absolute atomic E-state index is 11.0. The monoisotopic (exact) mass is 265 g/mol. The number of aliphatic carboxylic acids is 1. The molecule has 0 aliphatic heterocycles. The van der Waals surface area contributed by atoms with Crippen molar-refractivity contribution in [3.05, 3.63) is 11.7 Å². The highest BCUT2D eigenvalue weighted by molar-refractivity contribution is 5.69. The van der Waals surface area contributed by atoms with E-state index in [9.17, 15) is 4.79 Å². The van der Waals surface area contributed by atoms with Crippen LogP contribution in [0.5, 0.6) is 0 Å². The Labute approximate surface area is 111 Å². The molecule has 0 aromatic carbocycles. The van der Waals surface area contributed by atoms with Crippen LogP contribution in [0.3, 0.4) is 0 Å². The molecule has 3 rings (SSSR count). The van der Waals surface area contributed by atoms with Crippen LogP contribution in [0, 0.1) is 0 Å². The molecule has 0 radical (unpaired) electrons. The van der Waals surface area contributed by atoms with Crippen molar-refractivity contribution in [2.45, 2.75) is 57.0 Å². The van der Waals surface area contributed by atoms with E-state index < -0.39 is 5.97 Å². The SMILES string of the molecule is O=C(O)CN(Cc1nc(C2CC2)no1)C1CCCC1. The summed E-state index contributed by atoms with van der Waals surface area (Å²) in [4.78, 5) is 17.3. The van der Waals surface area contributed by atoms with Gasteiger partial charge >= 0.3 is 5.97 Å². The second-order valence-electron chi connectivity index (χ2n) is 5.56. The molecule has 19 heavy (non-hydrogen) atoms. The minimum absolute atomic E-state index is 0.0474. The third kappa shape index (κ3) is 3.12. The first-order valence-electron chi connectivity index (χ1n) is 7.00. The van der Waals surface area contributed by atoms with Gasteiger partial charge in [0.1, 0.15) is 0 Å². The van der Waals surface area contributed by atoms with E-state index in [4.69, 9.17) is 9.63 Å². The normalized spacial score (nSPS) is 20.3. The standard InChI is InChI=1S/C13H19N3O3/c17-12(18)8-16(10-3-1-2-4-10)7-11-14-13(15-19-11)9-5-6-9/h9-10H,1-8H2,(H,17,18). The highest BCUT2D eigenvalue weighted by Gasteiger charge is 2.30. The van der Waals surface area contributed by atoms with Crippen LogP contribution in [0.25, 0.3) is 0 Å². The van der Waals surface area contributed by atoms with Gasteiger partial charge in [-0.25, -0.2) is 0 Å². The van der Waals surface area contributed by atoms with Gasteiger partial charge in [-0.05, 0) is 25.7 Å². The third-order valence-corrected chi connectivity index (χ3v) is 3.94. The van der Waals surface area contributed by atoms with Crippen LogP contribution in [0.1, 0.15) is 56.2 Å². The smallest absolute Gasteiger partial charge is 0.317 e. The molecule has 0 amide bonds. The van der Waals surface area contributed by atoms with E-state index in [1.165, 1.54) is 12.8 Å². The lowest BCUT2D eigenvalue weighted by atomic mass is 10.2. The molecule has 104 valence electrons. The molecule has 1 aromatic heterocycles. The Morgan fingerprint density at radius 2 is 2.05 bits per heavy atom. The first-order valence-corrected chi connectivity index (χ1v) is 7.00. The minimum atomic E-state index is -0.797. The van der Waals surface area contributed by atoms with Gasteiger partial charge in [-0.15, -0.1) is 0 Å². The van der Waals surface area contributed by atoms with E-state index >= 15 is 0 Å². The van der Waals surface area contributed by atoms with Gasteiger partial charge in [0.25, 0.3) is 0 Å². The topological polar surface area (TPSA) is 79.5 Å². The molecule has 2 saturated carbocycles. The second-order valence-corrected chi connectivity index (χ2v) is 5.56. The fourth-order valence-corrected chi connectivity index (χ4v) is 2.77. The maximum Gasteiger partial charge on any atom is 0.317 e. The van der Waals surface area contributed by atoms with Gasteiger partial charge in [0.2, 0.25) is 5.89 Å². The Bertz CT molecular complexity index is 450. The summed E-state index contributed by atoms with van der Waals surface area (Å²) >= 11 is 0. The number of carboxylic acid groups (broad SMARTS) is 1. The molecule has 0 saturated heterocycles. The van der Waals surface area contributed by atoms with Gasteiger partial charge < -0.3 is 9.63 Å². The van der Waals surface area contributed by atoms with Crippen LogP contribution in [-0.2, 0) is 11.3 Å². The lowest BCUT2D eigenvalue weighted by Crippen LogP contribution is -2.37. The predicted molar refractivity (Wildman–Crippen MR) is 66.6 cm³/mol. The van der Waals surface area contributed by atoms with Crippen molar-refractivity contribution in [2.75, 3.05) is 6.54 Å². The van der Waals surface area contributed by atoms with Gasteiger partial charge in [-0.2, -0.15) is 4.98 Å². The summed E-state index contributed by atoms with van der Waals surface area (Å²) in [5.41, 5.74) is 0. The van der Waals surface area contributed by atoms with Gasteiger partial charge in [0, 0.05) is 12.0 Å². The quantitative estimate of drug-likeness (QED) is 0.844. The summed E-state index contributed by atoms with van der Waals surface area (Å²) in [6.07, 6.45) is 6.77. The summed E-state index contributed by atoms with van der Waals surface area (Å²) in [5, 5.41) is 13.0. The van der Waals surface area contributed by atoms with E-state index in [0.717, 1.165) is 31.5 Å². The molecule has 0 atom stereocenters. The summed E-state index contributed by atoms with van der Waals surface area (Å²) < 4.78 is 5.24. The van der Waals surface area contributed by atoms with Crippen molar-refractivity contribution < 1.29 is 14.4 Å². The summed E-state index contributed by atoms with van der Waals surface area (Å²) in [5.74, 6) is 1.01. The number of nitrogens with zero attached hydrogens (tertiary/aromatic N) is 3. The molecule has 1 aromatic rings. The van der Waals surface area contributed by atoms with Gasteiger partial charge in [0.15, 0.2) is 5.82 Å². The lowest BCUT2D eigenvalue weighted by molar-refractivity contribution is -0.139. The number of hydrogen-bond donors (Lipinski definition) is 1. The summed E-state index contributed by atoms with van der Waals surface area (Å²) in [6.45, 7) is 0.502. The van der Waals surface area contributed by atoms with Crippen LogP contribution >= 0.6 is 0 Å². The highest BCUT2D eigenvalue weighted by Crippen LogP contribution is 2.38. The number of carbonyl (C=O) groups is 1. The lowest BCUT2D eigenvalue weighted by Gasteiger charge is -2.25. The number of rotatable bonds is 6. The van der Waals surface area contributed by atoms with Crippen molar-refractivity contribution in [1.29, 1.82) is 0 Å². The van der Waals surface area contributed by atoms with Crippen LogP contribution in [-0.4, -0.2) is 38.7 Å². The molecule has 1 N–H and O–H groups in total. The summed E-state index contributed by atoms with van der Waals surface area (Å²) in [6, 6.07) is 0.340. The van der Waals surface area contributed by atoms with Crippen molar-refractivity contribution in [1.82, 2.24) is 15.0 Å². The van der Waals surface area contributed by atoms with E-state index in [0.29, 0.717) is 24.4 Å². The predicted octanol–water partition coefficient (Wildman–Crippen LogP) is 1.78. The van der Waals surface area contributed by atoms with Crippen LogP contribution in [0.15, 0.2) is 4.52 Å². The van der Waals surface area contributed by atoms with Gasteiger partial charge in [-0.1, -0.05) is 18.0 Å². The first kappa shape index (κ1) is 12.6. The van der Waals surface area contributed by atoms with Gasteiger partial charge in [-0.3, -0.25) is 9.69 Å². The molecule has 0 bridgehead atoms. The fraction of sp³-hybridized carbons (Fsp3) is 0.769. The molecule has 1 heterocycles. The highest BCUT2D eigenvalue weighted by atomic mass is 16.5. The Balaban J connectivity index is 1.65. The second kappa shape index (κ2) is 5.28. The van der Waals surface area contributed by atoms with Crippen molar-refractivity contribution in [3.8, 4) is 0 Å². The number of hydrogen-bond acceptors (Lipinski definition) is 5. The molecule has 2 aliphatic rings. The van der Waals surface area contributed by atoms with E-state index in [1.807, 2.05) is 4.90 Å². The molecule has 0 unspecified atom stereocenters. The zero-order valence-electron chi connectivity index (χ0n) is 10.9. The fourth-order valence-electron chi connectivity index (χ4n) is 2.77. The van der Waals surface area contributed by atoms with Crippen molar-refractivity contribution in [3.63, 3.8) is 0 Å². The van der Waals surface area contributed by atoms with Crippen LogP contribution in [0.4, 0.5) is 0 Å². The molecule has 0 spiro atoms. The molecule has 2 aliphatic carbocycles. The van der Waals surface area contributed by atoms with Crippen molar-refractivity contribution in [2.24, 2.45) is 0 Å². The van der Waals surface area contributed by atoms with E-state index in [2.05, 4.69) is 10.1 Å². The molecule has 6 heteroatoms. The van der Waals surface area contributed by atoms with Crippen LogP contribution in [0.2, 0.25) is 0 Å². The van der Waals surface area contributed by atoms with Crippen LogP contribution < -0.4 is 0 Å². The number of carboxylic acids is 1. The van der Waals surface area contributed by atoms with E-state index in [1.54, 1.807) is 0 Å². The largest absolute Gasteiger partial charge is 0.480 e. The summed E-state index contributed by atoms with van der Waals surface area (Å²) in [7, 11) is 0. The average Bonchev–Trinajstić information content (AvgIpc) is 2.91. The number of aromatic nitrogens is 2. The minimum Gasteiger partial charge on any atom is -0.480 e.